The molecule has 33 heavy (non-hydrogen) atoms. The molecule has 1 saturated heterocycles. The molecule has 9 nitrogen and oxygen atoms in total. The maximum Gasteiger partial charge on any atom is 0.219 e. The van der Waals surface area contributed by atoms with Gasteiger partial charge in [-0.25, -0.2) is 4.98 Å². The van der Waals surface area contributed by atoms with Crippen LogP contribution in [-0.4, -0.2) is 79.7 Å². The number of amides is 1. The number of anilines is 1. The van der Waals surface area contributed by atoms with Crippen LogP contribution in [0.3, 0.4) is 0 Å². The molecule has 0 bridgehead atoms. The fourth-order valence-electron chi connectivity index (χ4n) is 4.76. The number of ketones is 1. The molecule has 1 amide bonds. The van der Waals surface area contributed by atoms with Crippen LogP contribution >= 0.6 is 0 Å². The van der Waals surface area contributed by atoms with Gasteiger partial charge in [-0.2, -0.15) is 5.10 Å². The average molecular weight is 455 g/mol. The molecular formula is C24H34N6O3. The predicted octanol–water partition coefficient (Wildman–Crippen LogP) is 1.62. The third-order valence-corrected chi connectivity index (χ3v) is 6.75. The van der Waals surface area contributed by atoms with Crippen LogP contribution in [0.2, 0.25) is 0 Å². The summed E-state index contributed by atoms with van der Waals surface area (Å²) in [6.45, 7) is 5.32. The van der Waals surface area contributed by atoms with Gasteiger partial charge in [0, 0.05) is 88.6 Å². The van der Waals surface area contributed by atoms with Crippen molar-refractivity contribution in [3.63, 3.8) is 0 Å². The van der Waals surface area contributed by atoms with Gasteiger partial charge in [0.05, 0.1) is 12.3 Å². The number of carbonyl (C=O) groups excluding carboxylic acids is 2. The van der Waals surface area contributed by atoms with Crippen LogP contribution in [0.5, 0.6) is 0 Å². The Kier molecular flexibility index (Phi) is 7.39. The molecule has 0 saturated carbocycles. The zero-order valence-electron chi connectivity index (χ0n) is 19.5. The van der Waals surface area contributed by atoms with Crippen LogP contribution in [-0.2, 0) is 24.8 Å². The van der Waals surface area contributed by atoms with Crippen molar-refractivity contribution >= 4 is 17.5 Å². The van der Waals surface area contributed by atoms with Gasteiger partial charge in [-0.3, -0.25) is 19.2 Å². The molecule has 9 heteroatoms. The number of hydrogen-bond donors (Lipinski definition) is 2. The van der Waals surface area contributed by atoms with Crippen molar-refractivity contribution in [3.8, 4) is 0 Å². The van der Waals surface area contributed by atoms with Gasteiger partial charge >= 0.3 is 0 Å². The van der Waals surface area contributed by atoms with E-state index in [1.807, 2.05) is 22.8 Å². The van der Waals surface area contributed by atoms with Gasteiger partial charge in [0.2, 0.25) is 5.91 Å². The average Bonchev–Trinajstić information content (AvgIpc) is 3.18. The molecular weight excluding hydrogens is 420 g/mol. The Balaban J connectivity index is 1.23. The number of hydrogen-bond acceptors (Lipinski definition) is 7. The summed E-state index contributed by atoms with van der Waals surface area (Å²) < 4.78 is 1.93. The molecule has 2 N–H and O–H groups in total. The lowest BCUT2D eigenvalue weighted by molar-refractivity contribution is -0.129. The highest BCUT2D eigenvalue weighted by Gasteiger charge is 2.23. The largest absolute Gasteiger partial charge is 0.392 e. The second-order valence-corrected chi connectivity index (χ2v) is 9.20. The lowest BCUT2D eigenvalue weighted by atomic mass is 10.0. The number of aryl methyl sites for hydroxylation is 1. The first-order chi connectivity index (χ1) is 15.9. The van der Waals surface area contributed by atoms with E-state index in [2.05, 4.69) is 20.3 Å². The number of pyridine rings is 1. The number of piperidine rings is 1. The van der Waals surface area contributed by atoms with Crippen molar-refractivity contribution in [1.82, 2.24) is 24.6 Å². The molecule has 2 aromatic heterocycles. The topological polar surface area (TPSA) is 104 Å². The predicted molar refractivity (Wildman–Crippen MR) is 125 cm³/mol. The Hall–Kier alpha value is -2.78. The summed E-state index contributed by atoms with van der Waals surface area (Å²) in [5, 5.41) is 18.2. The zero-order valence-corrected chi connectivity index (χ0v) is 19.5. The van der Waals surface area contributed by atoms with Gasteiger partial charge in [-0.1, -0.05) is 0 Å². The smallest absolute Gasteiger partial charge is 0.219 e. The van der Waals surface area contributed by atoms with Gasteiger partial charge in [0.1, 0.15) is 5.82 Å². The summed E-state index contributed by atoms with van der Waals surface area (Å²) in [4.78, 5) is 32.7. The van der Waals surface area contributed by atoms with E-state index in [9.17, 15) is 14.7 Å². The van der Waals surface area contributed by atoms with Crippen molar-refractivity contribution in [2.75, 3.05) is 31.5 Å². The minimum absolute atomic E-state index is 0.0130. The number of Topliss-reactive ketones (excluding diaryl/α,β-unsaturated/α-hetero) is 1. The number of nitrogens with one attached hydrogen (secondary N) is 1. The highest BCUT2D eigenvalue weighted by Crippen LogP contribution is 2.20. The summed E-state index contributed by atoms with van der Waals surface area (Å²) >= 11 is 0. The summed E-state index contributed by atoms with van der Waals surface area (Å²) in [6.07, 6.45) is 6.40. The van der Waals surface area contributed by atoms with E-state index >= 15 is 0 Å². The Bertz CT molecular complexity index is 982. The minimum Gasteiger partial charge on any atom is -0.392 e. The molecule has 0 unspecified atom stereocenters. The van der Waals surface area contributed by atoms with E-state index in [-0.39, 0.29) is 17.7 Å². The third kappa shape index (κ3) is 5.97. The van der Waals surface area contributed by atoms with E-state index in [1.54, 1.807) is 25.3 Å². The van der Waals surface area contributed by atoms with Gasteiger partial charge in [0.15, 0.2) is 5.78 Å². The summed E-state index contributed by atoms with van der Waals surface area (Å²) in [5.41, 5.74) is 3.09. The molecule has 4 rings (SSSR count). The number of β-amino-alcohol motifs (C(OH)–C–C–N with tert-alkyl or cyclic N) is 1. The first-order valence-corrected chi connectivity index (χ1v) is 11.8. The van der Waals surface area contributed by atoms with Crippen LogP contribution in [0.15, 0.2) is 24.5 Å². The molecule has 1 fully saturated rings. The van der Waals surface area contributed by atoms with Crippen molar-refractivity contribution < 1.29 is 14.7 Å². The Morgan fingerprint density at radius 2 is 2.06 bits per heavy atom. The van der Waals surface area contributed by atoms with Crippen LogP contribution in [0, 0.1) is 0 Å². The molecule has 2 aliphatic heterocycles. The second kappa shape index (κ2) is 10.4. The lowest BCUT2D eigenvalue weighted by Crippen LogP contribution is -2.41. The van der Waals surface area contributed by atoms with E-state index in [4.69, 9.17) is 0 Å². The summed E-state index contributed by atoms with van der Waals surface area (Å²) in [6, 6.07) is 3.76. The maximum absolute atomic E-state index is 12.7. The number of rotatable bonds is 8. The number of aliphatic hydroxyl groups is 1. The van der Waals surface area contributed by atoms with E-state index in [0.29, 0.717) is 30.8 Å². The van der Waals surface area contributed by atoms with Gasteiger partial charge in [0.25, 0.3) is 0 Å². The Morgan fingerprint density at radius 1 is 1.27 bits per heavy atom. The number of aromatic nitrogens is 3. The second-order valence-electron chi connectivity index (χ2n) is 9.20. The maximum atomic E-state index is 12.7. The molecule has 0 spiro atoms. The molecule has 2 aromatic rings. The highest BCUT2D eigenvalue weighted by atomic mass is 16.3. The fraction of sp³-hybridized carbons (Fsp3) is 0.583. The number of carbonyl (C=O) groups is 2. The normalized spacial score (nSPS) is 18.1. The first kappa shape index (κ1) is 23.4. The Labute approximate surface area is 194 Å². The number of nitrogens with zero attached hydrogens (tertiary/aromatic N) is 5. The third-order valence-electron chi connectivity index (χ3n) is 6.75. The van der Waals surface area contributed by atoms with Gasteiger partial charge in [-0.05, 0) is 31.4 Å². The minimum atomic E-state index is -0.543. The van der Waals surface area contributed by atoms with Crippen molar-refractivity contribution in [1.29, 1.82) is 0 Å². The standard InChI is InChI=1S/C24H34N6O3/c1-17(31)30-11-6-20(7-12-30)27-24-13-18(5-9-25-24)23(33)4-3-21(32)16-29-10-8-22-19(15-29)14-26-28(22)2/h5,9,13-14,20-21,32H,3-4,6-8,10-12,15-16H2,1-2H3,(H,25,27)/t21-/m0/s1. The van der Waals surface area contributed by atoms with Crippen LogP contribution in [0.4, 0.5) is 5.82 Å². The summed E-state index contributed by atoms with van der Waals surface area (Å²) in [5.74, 6) is 0.811. The monoisotopic (exact) mass is 454 g/mol. The van der Waals surface area contributed by atoms with Gasteiger partial charge in [-0.15, -0.1) is 0 Å². The van der Waals surface area contributed by atoms with Crippen LogP contribution in [0.1, 0.15) is 54.2 Å². The highest BCUT2D eigenvalue weighted by molar-refractivity contribution is 5.96. The molecule has 0 radical (unpaired) electrons. The molecule has 4 heterocycles. The summed E-state index contributed by atoms with van der Waals surface area (Å²) in [7, 11) is 1.96. The van der Waals surface area contributed by atoms with Crippen LogP contribution < -0.4 is 5.32 Å². The fourth-order valence-corrected chi connectivity index (χ4v) is 4.76. The van der Waals surface area contributed by atoms with Gasteiger partial charge < -0.3 is 15.3 Å². The molecule has 0 aliphatic carbocycles. The number of fused-ring (bicyclic) bond motifs is 1. The molecule has 1 atom stereocenters. The Morgan fingerprint density at radius 3 is 2.82 bits per heavy atom. The number of aliphatic hydroxyl groups excluding tert-OH is 1. The van der Waals surface area contributed by atoms with Crippen LogP contribution in [0.25, 0.3) is 0 Å². The first-order valence-electron chi connectivity index (χ1n) is 11.8. The van der Waals surface area contributed by atoms with Crippen molar-refractivity contribution in [3.05, 3.63) is 41.3 Å². The molecule has 0 aromatic carbocycles. The quantitative estimate of drug-likeness (QED) is 0.584. The zero-order chi connectivity index (χ0) is 23.4. The van der Waals surface area contributed by atoms with E-state index < -0.39 is 6.10 Å². The number of likely N-dealkylation sites (tertiary alicyclic amines) is 1. The van der Waals surface area contributed by atoms with E-state index in [1.165, 1.54) is 11.3 Å². The molecule has 178 valence electrons. The lowest BCUT2D eigenvalue weighted by Gasteiger charge is -2.32. The van der Waals surface area contributed by atoms with Crippen molar-refractivity contribution in [2.45, 2.75) is 57.7 Å². The molecule has 2 aliphatic rings. The van der Waals surface area contributed by atoms with Crippen molar-refractivity contribution in [2.24, 2.45) is 7.05 Å². The SMILES string of the molecule is CC(=O)N1CCC(Nc2cc(C(=O)CC[C@H](O)CN3CCc4c(cnn4C)C3)ccn2)CC1. The van der Waals surface area contributed by atoms with E-state index in [0.717, 1.165) is 45.4 Å².